The Bertz CT molecular complexity index is 448. The highest BCUT2D eigenvalue weighted by atomic mass is 127. The Labute approximate surface area is 138 Å². The monoisotopic (exact) mass is 414 g/mol. The zero-order valence-corrected chi connectivity index (χ0v) is 14.4. The fourth-order valence-corrected chi connectivity index (χ4v) is 2.94. The Kier molecular flexibility index (Phi) is 6.86. The smallest absolute Gasteiger partial charge is 0.254 e. The van der Waals surface area contributed by atoms with Gasteiger partial charge in [-0.05, 0) is 60.7 Å². The van der Waals surface area contributed by atoms with Crippen molar-refractivity contribution in [1.82, 2.24) is 10.2 Å². The van der Waals surface area contributed by atoms with Gasteiger partial charge in [0, 0.05) is 27.7 Å². The highest BCUT2D eigenvalue weighted by Crippen LogP contribution is 2.21. The largest absolute Gasteiger partial charge is 0.338 e. The van der Waals surface area contributed by atoms with Gasteiger partial charge in [0.1, 0.15) is 0 Å². The van der Waals surface area contributed by atoms with E-state index in [2.05, 4.69) is 27.9 Å². The first kappa shape index (κ1) is 17.0. The van der Waals surface area contributed by atoms with Crippen LogP contribution in [0.15, 0.2) is 18.2 Å². The molecule has 0 aliphatic carbocycles. The summed E-state index contributed by atoms with van der Waals surface area (Å²) < 4.78 is 0.956. The van der Waals surface area contributed by atoms with Gasteiger partial charge in [0.05, 0.1) is 5.56 Å². The molecule has 2 rings (SSSR count). The van der Waals surface area contributed by atoms with E-state index in [1.807, 2.05) is 24.1 Å². The summed E-state index contributed by atoms with van der Waals surface area (Å²) in [6.07, 6.45) is 2.03. The molecule has 1 aromatic rings. The number of piperidine rings is 1. The summed E-state index contributed by atoms with van der Waals surface area (Å²) in [5.41, 5.74) is 0.714. The summed E-state index contributed by atoms with van der Waals surface area (Å²) >= 11 is 8.14. The van der Waals surface area contributed by atoms with Gasteiger partial charge in [-0.1, -0.05) is 11.6 Å². The van der Waals surface area contributed by atoms with Crippen LogP contribution in [-0.2, 0) is 0 Å². The molecule has 1 N–H and O–H groups in total. The molecule has 1 aliphatic heterocycles. The van der Waals surface area contributed by atoms with Crippen LogP contribution >= 0.6 is 46.6 Å². The Morgan fingerprint density at radius 2 is 2.05 bits per heavy atom. The number of nitrogens with one attached hydrogen (secondary N) is 1. The zero-order chi connectivity index (χ0) is 13.1. The zero-order valence-electron chi connectivity index (χ0n) is 10.7. The molecule has 1 amide bonds. The minimum absolute atomic E-state index is 0. The fourth-order valence-electron chi connectivity index (χ4n) is 2.20. The molecule has 1 heterocycles. The number of amides is 1. The molecule has 0 spiro atoms. The van der Waals surface area contributed by atoms with Crippen molar-refractivity contribution in [2.24, 2.45) is 0 Å². The molecule has 1 saturated heterocycles. The lowest BCUT2D eigenvalue weighted by atomic mass is 10.0. The minimum Gasteiger partial charge on any atom is -0.338 e. The van der Waals surface area contributed by atoms with E-state index in [4.69, 9.17) is 11.6 Å². The maximum absolute atomic E-state index is 12.4. The number of halogens is 3. The van der Waals surface area contributed by atoms with Crippen LogP contribution in [0.2, 0.25) is 5.02 Å². The summed E-state index contributed by atoms with van der Waals surface area (Å²) in [4.78, 5) is 14.3. The summed E-state index contributed by atoms with van der Waals surface area (Å²) in [5.74, 6) is 0.0939. The number of hydrogen-bond acceptors (Lipinski definition) is 2. The first-order chi connectivity index (χ1) is 8.61. The first-order valence-corrected chi connectivity index (χ1v) is 7.49. The van der Waals surface area contributed by atoms with E-state index < -0.39 is 0 Å². The molecule has 0 saturated carbocycles. The van der Waals surface area contributed by atoms with Crippen molar-refractivity contribution in [3.8, 4) is 0 Å². The number of carbonyl (C=O) groups is 1. The summed E-state index contributed by atoms with van der Waals surface area (Å²) in [6, 6.07) is 5.99. The molecule has 0 atom stereocenters. The van der Waals surface area contributed by atoms with Gasteiger partial charge in [0.2, 0.25) is 0 Å². The Morgan fingerprint density at radius 3 is 2.63 bits per heavy atom. The van der Waals surface area contributed by atoms with Gasteiger partial charge >= 0.3 is 0 Å². The number of carbonyl (C=O) groups excluding carboxylic acids is 1. The highest BCUT2D eigenvalue weighted by Gasteiger charge is 2.23. The van der Waals surface area contributed by atoms with Gasteiger partial charge in [0.15, 0.2) is 0 Å². The van der Waals surface area contributed by atoms with Crippen molar-refractivity contribution in [3.05, 3.63) is 32.4 Å². The molecule has 3 nitrogen and oxygen atoms in total. The number of hydrogen-bond donors (Lipinski definition) is 1. The van der Waals surface area contributed by atoms with Gasteiger partial charge in [0.25, 0.3) is 5.91 Å². The molecule has 106 valence electrons. The predicted molar refractivity (Wildman–Crippen MR) is 89.4 cm³/mol. The molecule has 19 heavy (non-hydrogen) atoms. The van der Waals surface area contributed by atoms with Crippen LogP contribution in [0.3, 0.4) is 0 Å². The third kappa shape index (κ3) is 4.21. The van der Waals surface area contributed by atoms with Crippen LogP contribution < -0.4 is 5.32 Å². The lowest BCUT2D eigenvalue weighted by Crippen LogP contribution is -2.44. The molecule has 1 fully saturated rings. The van der Waals surface area contributed by atoms with Crippen molar-refractivity contribution < 1.29 is 4.79 Å². The van der Waals surface area contributed by atoms with Crippen LogP contribution in [0.1, 0.15) is 23.2 Å². The lowest BCUT2D eigenvalue weighted by molar-refractivity contribution is 0.0706. The Hall–Kier alpha value is -0.0400. The number of benzene rings is 1. The molecular formula is C13H17Cl2IN2O. The SMILES string of the molecule is CNC1CCN(C(=O)c2cc(Cl)ccc2I)CC1.Cl. The average Bonchev–Trinajstić information content (AvgIpc) is 2.41. The Morgan fingerprint density at radius 1 is 1.42 bits per heavy atom. The van der Waals surface area contributed by atoms with Crippen molar-refractivity contribution >= 4 is 52.5 Å². The van der Waals surface area contributed by atoms with Crippen LogP contribution in [-0.4, -0.2) is 37.0 Å². The normalized spacial score (nSPS) is 16.1. The maximum Gasteiger partial charge on any atom is 0.254 e. The molecule has 0 aromatic heterocycles. The van der Waals surface area contributed by atoms with Crippen LogP contribution in [0, 0.1) is 3.57 Å². The highest BCUT2D eigenvalue weighted by molar-refractivity contribution is 14.1. The van der Waals surface area contributed by atoms with Crippen LogP contribution in [0.25, 0.3) is 0 Å². The van der Waals surface area contributed by atoms with Gasteiger partial charge < -0.3 is 10.2 Å². The van der Waals surface area contributed by atoms with Crippen LogP contribution in [0.4, 0.5) is 0 Å². The second kappa shape index (κ2) is 7.67. The lowest BCUT2D eigenvalue weighted by Gasteiger charge is -2.32. The van der Waals surface area contributed by atoms with Gasteiger partial charge in [-0.15, -0.1) is 12.4 Å². The summed E-state index contributed by atoms with van der Waals surface area (Å²) in [6.45, 7) is 1.62. The fraction of sp³-hybridized carbons (Fsp3) is 0.462. The molecule has 0 unspecified atom stereocenters. The Balaban J connectivity index is 0.00000180. The number of rotatable bonds is 2. The van der Waals surface area contributed by atoms with Crippen molar-refractivity contribution in [3.63, 3.8) is 0 Å². The third-order valence-electron chi connectivity index (χ3n) is 3.35. The third-order valence-corrected chi connectivity index (χ3v) is 4.53. The van der Waals surface area contributed by atoms with E-state index in [1.165, 1.54) is 0 Å². The predicted octanol–water partition coefficient (Wildman–Crippen LogP) is 3.19. The van der Waals surface area contributed by atoms with E-state index in [9.17, 15) is 4.79 Å². The van der Waals surface area contributed by atoms with E-state index in [0.717, 1.165) is 29.5 Å². The molecule has 1 aromatic carbocycles. The van der Waals surface area contributed by atoms with Gasteiger partial charge in [-0.25, -0.2) is 0 Å². The average molecular weight is 415 g/mol. The van der Waals surface area contributed by atoms with E-state index in [-0.39, 0.29) is 18.3 Å². The standard InChI is InChI=1S/C13H16ClIN2O.ClH/c1-16-10-4-6-17(7-5-10)13(18)11-8-9(14)2-3-12(11)15;/h2-3,8,10,16H,4-7H2,1H3;1H. The molecule has 0 bridgehead atoms. The van der Waals surface area contributed by atoms with E-state index in [0.29, 0.717) is 16.6 Å². The summed E-state index contributed by atoms with van der Waals surface area (Å²) in [5, 5.41) is 3.88. The first-order valence-electron chi connectivity index (χ1n) is 6.03. The van der Waals surface area contributed by atoms with E-state index >= 15 is 0 Å². The van der Waals surface area contributed by atoms with Gasteiger partial charge in [-0.3, -0.25) is 4.79 Å². The second-order valence-corrected chi connectivity index (χ2v) is 6.08. The molecule has 1 aliphatic rings. The minimum atomic E-state index is 0. The van der Waals surface area contributed by atoms with E-state index in [1.54, 1.807) is 6.07 Å². The van der Waals surface area contributed by atoms with Gasteiger partial charge in [-0.2, -0.15) is 0 Å². The van der Waals surface area contributed by atoms with Crippen molar-refractivity contribution in [2.45, 2.75) is 18.9 Å². The number of likely N-dealkylation sites (tertiary alicyclic amines) is 1. The topological polar surface area (TPSA) is 32.3 Å². The van der Waals surface area contributed by atoms with Crippen molar-refractivity contribution in [1.29, 1.82) is 0 Å². The molecule has 6 heteroatoms. The number of nitrogens with zero attached hydrogens (tertiary/aromatic N) is 1. The summed E-state index contributed by atoms with van der Waals surface area (Å²) in [7, 11) is 1.97. The quantitative estimate of drug-likeness (QED) is 0.753. The molecular weight excluding hydrogens is 398 g/mol. The van der Waals surface area contributed by atoms with Crippen molar-refractivity contribution in [2.75, 3.05) is 20.1 Å². The second-order valence-electron chi connectivity index (χ2n) is 4.48. The molecule has 0 radical (unpaired) electrons. The maximum atomic E-state index is 12.4. The van der Waals surface area contributed by atoms with Crippen LogP contribution in [0.5, 0.6) is 0 Å².